The second-order valence-corrected chi connectivity index (χ2v) is 4.32. The Morgan fingerprint density at radius 2 is 2.47 bits per heavy atom. The minimum atomic E-state index is -0.427. The summed E-state index contributed by atoms with van der Waals surface area (Å²) in [6.07, 6.45) is 4.36. The summed E-state index contributed by atoms with van der Waals surface area (Å²) in [5.74, 6) is 0.0952. The summed E-state index contributed by atoms with van der Waals surface area (Å²) in [5, 5.41) is 0.281. The highest BCUT2D eigenvalue weighted by molar-refractivity contribution is 8.13. The van der Waals surface area contributed by atoms with Crippen molar-refractivity contribution >= 4 is 34.6 Å². The average Bonchev–Trinajstić information content (AvgIpc) is 2.17. The monoisotopic (exact) mass is 245 g/mol. The standard InChI is InChI=1S/C10H9ClFNOS/c1-7(14)15-4-2-3-8-5-10(11)13-6-9(8)12/h2-3,5-6H,4H2,1H3. The van der Waals surface area contributed by atoms with E-state index in [0.29, 0.717) is 11.3 Å². The molecule has 0 radical (unpaired) electrons. The first-order chi connectivity index (χ1) is 7.09. The molecule has 0 saturated carbocycles. The van der Waals surface area contributed by atoms with Gasteiger partial charge in [-0.3, -0.25) is 4.79 Å². The fourth-order valence-corrected chi connectivity index (χ4v) is 1.49. The Hall–Kier alpha value is -0.870. The van der Waals surface area contributed by atoms with Crippen LogP contribution in [0.5, 0.6) is 0 Å². The topological polar surface area (TPSA) is 30.0 Å². The molecule has 0 aromatic carbocycles. The third-order valence-electron chi connectivity index (χ3n) is 1.53. The van der Waals surface area contributed by atoms with Gasteiger partial charge in [-0.15, -0.1) is 0 Å². The second-order valence-electron chi connectivity index (χ2n) is 2.73. The Balaban J connectivity index is 2.63. The minimum absolute atomic E-state index is 0.0351. The molecular weight excluding hydrogens is 237 g/mol. The van der Waals surface area contributed by atoms with Gasteiger partial charge in [0.05, 0.1) is 6.20 Å². The number of hydrogen-bond acceptors (Lipinski definition) is 3. The normalized spacial score (nSPS) is 10.9. The fourth-order valence-electron chi connectivity index (χ4n) is 0.896. The van der Waals surface area contributed by atoms with E-state index >= 15 is 0 Å². The summed E-state index contributed by atoms with van der Waals surface area (Å²) in [5.41, 5.74) is 0.374. The Morgan fingerprint density at radius 1 is 1.73 bits per heavy atom. The van der Waals surface area contributed by atoms with Crippen LogP contribution in [0.25, 0.3) is 6.08 Å². The van der Waals surface area contributed by atoms with Crippen molar-refractivity contribution in [2.45, 2.75) is 6.92 Å². The maximum atomic E-state index is 13.1. The Morgan fingerprint density at radius 3 is 3.13 bits per heavy atom. The van der Waals surface area contributed by atoms with Gasteiger partial charge in [0.15, 0.2) is 5.12 Å². The molecule has 0 aliphatic carbocycles. The molecule has 5 heteroatoms. The van der Waals surface area contributed by atoms with Gasteiger partial charge in [-0.25, -0.2) is 9.37 Å². The molecule has 0 spiro atoms. The number of rotatable bonds is 3. The molecule has 0 unspecified atom stereocenters. The van der Waals surface area contributed by atoms with Crippen LogP contribution in [0.2, 0.25) is 5.15 Å². The molecule has 0 aliphatic heterocycles. The highest BCUT2D eigenvalue weighted by atomic mass is 35.5. The smallest absolute Gasteiger partial charge is 0.186 e. The van der Waals surface area contributed by atoms with Gasteiger partial charge in [0.25, 0.3) is 0 Å². The van der Waals surface area contributed by atoms with Crippen molar-refractivity contribution in [3.05, 3.63) is 34.9 Å². The van der Waals surface area contributed by atoms with Crippen molar-refractivity contribution in [3.8, 4) is 0 Å². The maximum absolute atomic E-state index is 13.1. The van der Waals surface area contributed by atoms with E-state index in [-0.39, 0.29) is 10.3 Å². The number of hydrogen-bond donors (Lipinski definition) is 0. The van der Waals surface area contributed by atoms with Crippen LogP contribution in [0, 0.1) is 5.82 Å². The van der Waals surface area contributed by atoms with Crippen molar-refractivity contribution in [1.29, 1.82) is 0 Å². The largest absolute Gasteiger partial charge is 0.288 e. The number of pyridine rings is 1. The lowest BCUT2D eigenvalue weighted by Gasteiger charge is -1.96. The molecule has 0 atom stereocenters. The van der Waals surface area contributed by atoms with E-state index in [1.54, 1.807) is 12.2 Å². The first kappa shape index (κ1) is 12.2. The number of nitrogens with zero attached hydrogens (tertiary/aromatic N) is 1. The Labute approximate surface area is 96.5 Å². The van der Waals surface area contributed by atoms with E-state index in [4.69, 9.17) is 11.6 Å². The quantitative estimate of drug-likeness (QED) is 0.767. The van der Waals surface area contributed by atoms with Gasteiger partial charge < -0.3 is 0 Å². The fraction of sp³-hybridized carbons (Fsp3) is 0.200. The summed E-state index contributed by atoms with van der Waals surface area (Å²) in [6, 6.07) is 1.44. The minimum Gasteiger partial charge on any atom is -0.288 e. The molecular formula is C10H9ClFNOS. The molecule has 0 aliphatic rings. The van der Waals surface area contributed by atoms with E-state index in [0.717, 1.165) is 18.0 Å². The molecule has 2 nitrogen and oxygen atoms in total. The predicted molar refractivity (Wildman–Crippen MR) is 61.4 cm³/mol. The lowest BCUT2D eigenvalue weighted by molar-refractivity contribution is -0.109. The van der Waals surface area contributed by atoms with Gasteiger partial charge >= 0.3 is 0 Å². The van der Waals surface area contributed by atoms with Crippen molar-refractivity contribution in [3.63, 3.8) is 0 Å². The summed E-state index contributed by atoms with van der Waals surface area (Å²) < 4.78 is 13.1. The van der Waals surface area contributed by atoms with E-state index in [2.05, 4.69) is 4.98 Å². The van der Waals surface area contributed by atoms with Crippen molar-refractivity contribution < 1.29 is 9.18 Å². The SMILES string of the molecule is CC(=O)SCC=Cc1cc(Cl)ncc1F. The molecule has 15 heavy (non-hydrogen) atoms. The van der Waals surface area contributed by atoms with Gasteiger partial charge in [-0.1, -0.05) is 35.5 Å². The number of carbonyl (C=O) groups is 1. The average molecular weight is 246 g/mol. The molecule has 1 rings (SSSR count). The molecule has 0 amide bonds. The van der Waals surface area contributed by atoms with Crippen LogP contribution in [-0.4, -0.2) is 15.9 Å². The highest BCUT2D eigenvalue weighted by Gasteiger charge is 1.99. The van der Waals surface area contributed by atoms with E-state index in [9.17, 15) is 9.18 Å². The number of halogens is 2. The molecule has 80 valence electrons. The van der Waals surface area contributed by atoms with Crippen molar-refractivity contribution in [2.75, 3.05) is 5.75 Å². The zero-order valence-electron chi connectivity index (χ0n) is 8.04. The third-order valence-corrected chi connectivity index (χ3v) is 2.50. The first-order valence-electron chi connectivity index (χ1n) is 4.20. The second kappa shape index (κ2) is 5.88. The molecule has 0 fully saturated rings. The van der Waals surface area contributed by atoms with E-state index in [1.165, 1.54) is 13.0 Å². The van der Waals surface area contributed by atoms with Crippen LogP contribution in [0.4, 0.5) is 4.39 Å². The Kier molecular flexibility index (Phi) is 4.78. The molecule has 1 aromatic rings. The van der Waals surface area contributed by atoms with Gasteiger partial charge in [0.2, 0.25) is 0 Å². The van der Waals surface area contributed by atoms with Gasteiger partial charge in [-0.05, 0) is 6.07 Å². The maximum Gasteiger partial charge on any atom is 0.186 e. The summed E-state index contributed by atoms with van der Waals surface area (Å²) in [6.45, 7) is 1.49. The molecule has 0 saturated heterocycles. The van der Waals surface area contributed by atoms with Gasteiger partial charge in [-0.2, -0.15) is 0 Å². The number of thioether (sulfide) groups is 1. The molecule has 1 aromatic heterocycles. The highest BCUT2D eigenvalue weighted by Crippen LogP contribution is 2.13. The lowest BCUT2D eigenvalue weighted by Crippen LogP contribution is -1.86. The molecule has 1 heterocycles. The summed E-state index contributed by atoms with van der Waals surface area (Å²) in [7, 11) is 0. The predicted octanol–water partition coefficient (Wildman–Crippen LogP) is 3.17. The van der Waals surface area contributed by atoms with Crippen LogP contribution in [0.3, 0.4) is 0 Å². The summed E-state index contributed by atoms with van der Waals surface area (Å²) >= 11 is 6.77. The van der Waals surface area contributed by atoms with Crippen LogP contribution < -0.4 is 0 Å². The lowest BCUT2D eigenvalue weighted by atomic mass is 10.2. The van der Waals surface area contributed by atoms with E-state index in [1.807, 2.05) is 0 Å². The van der Waals surface area contributed by atoms with Crippen LogP contribution >= 0.6 is 23.4 Å². The molecule has 0 N–H and O–H groups in total. The van der Waals surface area contributed by atoms with Gasteiger partial charge in [0, 0.05) is 18.2 Å². The van der Waals surface area contributed by atoms with Crippen molar-refractivity contribution in [2.24, 2.45) is 0 Å². The van der Waals surface area contributed by atoms with E-state index < -0.39 is 5.82 Å². The van der Waals surface area contributed by atoms with Crippen molar-refractivity contribution in [1.82, 2.24) is 4.98 Å². The van der Waals surface area contributed by atoms with Crippen LogP contribution in [0.15, 0.2) is 18.3 Å². The summed E-state index contributed by atoms with van der Waals surface area (Å²) in [4.78, 5) is 14.2. The van der Waals surface area contributed by atoms with Crippen LogP contribution in [0.1, 0.15) is 12.5 Å². The molecule has 0 bridgehead atoms. The van der Waals surface area contributed by atoms with Crippen LogP contribution in [-0.2, 0) is 4.79 Å². The number of carbonyl (C=O) groups excluding carboxylic acids is 1. The zero-order chi connectivity index (χ0) is 11.3. The van der Waals surface area contributed by atoms with Gasteiger partial charge in [0.1, 0.15) is 11.0 Å². The zero-order valence-corrected chi connectivity index (χ0v) is 9.61. The Bertz CT molecular complexity index is 395. The first-order valence-corrected chi connectivity index (χ1v) is 5.57. The number of aromatic nitrogens is 1. The third kappa shape index (κ3) is 4.44.